The van der Waals surface area contributed by atoms with Crippen LogP contribution < -0.4 is 5.32 Å². The molecule has 0 heterocycles. The monoisotopic (exact) mass is 185 g/mol. The van der Waals surface area contributed by atoms with E-state index in [1.807, 2.05) is 25.1 Å². The van der Waals surface area contributed by atoms with Gasteiger partial charge < -0.3 is 5.32 Å². The van der Waals surface area contributed by atoms with Crippen molar-refractivity contribution in [2.75, 3.05) is 6.54 Å². The number of carbonyl (C=O) groups excluding carboxylic acids is 1. The standard InChI is InChI=1S/C9H11NO.ClH/c1-2-10-9(11)8-6-4-3-5-7-8;/h3-7H,2H2,1H3,(H,10,11);1H. The van der Waals surface area contributed by atoms with Gasteiger partial charge in [-0.3, -0.25) is 4.79 Å². The third-order valence-corrected chi connectivity index (χ3v) is 1.37. The van der Waals surface area contributed by atoms with Gasteiger partial charge in [0.05, 0.1) is 0 Å². The lowest BCUT2D eigenvalue weighted by Crippen LogP contribution is -2.22. The fourth-order valence-electron chi connectivity index (χ4n) is 0.852. The highest BCUT2D eigenvalue weighted by molar-refractivity contribution is 5.94. The summed E-state index contributed by atoms with van der Waals surface area (Å²) in [5.74, 6) is -0.00639. The highest BCUT2D eigenvalue weighted by Crippen LogP contribution is 1.96. The lowest BCUT2D eigenvalue weighted by Gasteiger charge is -1.99. The Morgan fingerprint density at radius 3 is 2.42 bits per heavy atom. The van der Waals surface area contributed by atoms with E-state index in [1.165, 1.54) is 0 Å². The number of benzene rings is 1. The van der Waals surface area contributed by atoms with Crippen LogP contribution in [-0.2, 0) is 0 Å². The summed E-state index contributed by atoms with van der Waals surface area (Å²) >= 11 is 0. The van der Waals surface area contributed by atoms with E-state index in [-0.39, 0.29) is 18.3 Å². The molecule has 0 fully saturated rings. The van der Waals surface area contributed by atoms with Gasteiger partial charge in [-0.15, -0.1) is 12.4 Å². The van der Waals surface area contributed by atoms with Crippen LogP contribution in [0.5, 0.6) is 0 Å². The topological polar surface area (TPSA) is 29.1 Å². The summed E-state index contributed by atoms with van der Waals surface area (Å²) in [5, 5.41) is 2.72. The molecule has 0 aliphatic rings. The van der Waals surface area contributed by atoms with Crippen LogP contribution in [0.3, 0.4) is 0 Å². The molecule has 0 saturated carbocycles. The first-order valence-corrected chi connectivity index (χ1v) is 3.68. The van der Waals surface area contributed by atoms with Gasteiger partial charge in [0.2, 0.25) is 0 Å². The van der Waals surface area contributed by atoms with Crippen LogP contribution in [0, 0.1) is 0 Å². The minimum atomic E-state index is -0.00639. The SMILES string of the molecule is CCNC(=O)c1ccccc1.Cl. The van der Waals surface area contributed by atoms with Crippen LogP contribution in [0.15, 0.2) is 30.3 Å². The Balaban J connectivity index is 0.00000121. The first-order chi connectivity index (χ1) is 5.34. The normalized spacial score (nSPS) is 8.42. The van der Waals surface area contributed by atoms with Crippen molar-refractivity contribution in [1.82, 2.24) is 5.32 Å². The minimum Gasteiger partial charge on any atom is -0.352 e. The number of rotatable bonds is 2. The van der Waals surface area contributed by atoms with Gasteiger partial charge >= 0.3 is 0 Å². The third kappa shape index (κ3) is 2.93. The van der Waals surface area contributed by atoms with Crippen LogP contribution >= 0.6 is 12.4 Å². The van der Waals surface area contributed by atoms with Gasteiger partial charge in [-0.25, -0.2) is 0 Å². The molecule has 0 saturated heterocycles. The van der Waals surface area contributed by atoms with Crippen LogP contribution in [-0.4, -0.2) is 12.5 Å². The van der Waals surface area contributed by atoms with E-state index in [0.29, 0.717) is 12.1 Å². The summed E-state index contributed by atoms with van der Waals surface area (Å²) in [6, 6.07) is 9.19. The van der Waals surface area contributed by atoms with Gasteiger partial charge in [0, 0.05) is 12.1 Å². The fraction of sp³-hybridized carbons (Fsp3) is 0.222. The number of amides is 1. The molecule has 0 bridgehead atoms. The van der Waals surface area contributed by atoms with E-state index in [2.05, 4.69) is 5.32 Å². The predicted molar refractivity (Wildman–Crippen MR) is 51.7 cm³/mol. The smallest absolute Gasteiger partial charge is 0.251 e. The van der Waals surface area contributed by atoms with Crippen molar-refractivity contribution in [1.29, 1.82) is 0 Å². The second kappa shape index (κ2) is 5.61. The van der Waals surface area contributed by atoms with Crippen LogP contribution in [0.25, 0.3) is 0 Å². The molecule has 1 aromatic rings. The van der Waals surface area contributed by atoms with Crippen molar-refractivity contribution in [3.63, 3.8) is 0 Å². The van der Waals surface area contributed by atoms with Crippen molar-refractivity contribution in [3.8, 4) is 0 Å². The molecule has 0 aliphatic carbocycles. The summed E-state index contributed by atoms with van der Waals surface area (Å²) in [4.78, 5) is 11.1. The molecule has 66 valence electrons. The summed E-state index contributed by atoms with van der Waals surface area (Å²) in [7, 11) is 0. The number of hydrogen-bond acceptors (Lipinski definition) is 1. The van der Waals surface area contributed by atoms with Gasteiger partial charge in [0.1, 0.15) is 0 Å². The van der Waals surface area contributed by atoms with Crippen LogP contribution in [0.4, 0.5) is 0 Å². The molecule has 1 N–H and O–H groups in total. The number of hydrogen-bond donors (Lipinski definition) is 1. The van der Waals surface area contributed by atoms with Gasteiger partial charge in [-0.2, -0.15) is 0 Å². The zero-order valence-electron chi connectivity index (χ0n) is 6.91. The maximum absolute atomic E-state index is 11.1. The molecule has 0 aromatic heterocycles. The molecular weight excluding hydrogens is 174 g/mol. The summed E-state index contributed by atoms with van der Waals surface area (Å²) in [6.07, 6.45) is 0. The third-order valence-electron chi connectivity index (χ3n) is 1.37. The Hall–Kier alpha value is -1.02. The first kappa shape index (κ1) is 11.0. The molecule has 2 nitrogen and oxygen atoms in total. The quantitative estimate of drug-likeness (QED) is 0.749. The molecule has 0 atom stereocenters. The predicted octanol–water partition coefficient (Wildman–Crippen LogP) is 1.86. The minimum absolute atomic E-state index is 0. The van der Waals surface area contributed by atoms with E-state index in [0.717, 1.165) is 0 Å². The molecular formula is C9H12ClNO. The highest BCUT2D eigenvalue weighted by Gasteiger charge is 1.99. The van der Waals surface area contributed by atoms with Crippen LogP contribution in [0.1, 0.15) is 17.3 Å². The summed E-state index contributed by atoms with van der Waals surface area (Å²) < 4.78 is 0. The molecule has 3 heteroatoms. The first-order valence-electron chi connectivity index (χ1n) is 3.68. The highest BCUT2D eigenvalue weighted by atomic mass is 35.5. The lowest BCUT2D eigenvalue weighted by atomic mass is 10.2. The molecule has 0 unspecified atom stereocenters. The second-order valence-electron chi connectivity index (χ2n) is 2.23. The Bertz CT molecular complexity index is 236. The van der Waals surface area contributed by atoms with E-state index >= 15 is 0 Å². The molecule has 0 radical (unpaired) electrons. The van der Waals surface area contributed by atoms with Crippen molar-refractivity contribution in [2.24, 2.45) is 0 Å². The maximum atomic E-state index is 11.1. The second-order valence-corrected chi connectivity index (χ2v) is 2.23. The molecule has 12 heavy (non-hydrogen) atoms. The molecule has 1 aromatic carbocycles. The average Bonchev–Trinajstić information content (AvgIpc) is 2.07. The number of halogens is 1. The Kier molecular flexibility index (Phi) is 5.13. The van der Waals surface area contributed by atoms with E-state index in [9.17, 15) is 4.79 Å². The van der Waals surface area contributed by atoms with E-state index in [4.69, 9.17) is 0 Å². The van der Waals surface area contributed by atoms with Gasteiger partial charge in [0.15, 0.2) is 0 Å². The van der Waals surface area contributed by atoms with E-state index < -0.39 is 0 Å². The maximum Gasteiger partial charge on any atom is 0.251 e. The summed E-state index contributed by atoms with van der Waals surface area (Å²) in [6.45, 7) is 2.58. The van der Waals surface area contributed by atoms with Gasteiger partial charge in [-0.1, -0.05) is 18.2 Å². The molecule has 1 amide bonds. The van der Waals surface area contributed by atoms with Crippen molar-refractivity contribution in [3.05, 3.63) is 35.9 Å². The Morgan fingerprint density at radius 2 is 1.92 bits per heavy atom. The Labute approximate surface area is 78.4 Å². The molecule has 1 rings (SSSR count). The van der Waals surface area contributed by atoms with Crippen LogP contribution in [0.2, 0.25) is 0 Å². The van der Waals surface area contributed by atoms with Crippen molar-refractivity contribution in [2.45, 2.75) is 6.92 Å². The number of nitrogens with one attached hydrogen (secondary N) is 1. The average molecular weight is 186 g/mol. The van der Waals surface area contributed by atoms with Crippen molar-refractivity contribution >= 4 is 18.3 Å². The molecule has 0 aliphatic heterocycles. The lowest BCUT2D eigenvalue weighted by molar-refractivity contribution is 0.0956. The number of carbonyl (C=O) groups is 1. The largest absolute Gasteiger partial charge is 0.352 e. The van der Waals surface area contributed by atoms with Gasteiger partial charge in [0.25, 0.3) is 5.91 Å². The molecule has 0 spiro atoms. The zero-order chi connectivity index (χ0) is 8.10. The van der Waals surface area contributed by atoms with E-state index in [1.54, 1.807) is 12.1 Å². The summed E-state index contributed by atoms with van der Waals surface area (Å²) in [5.41, 5.74) is 0.717. The zero-order valence-corrected chi connectivity index (χ0v) is 7.73. The van der Waals surface area contributed by atoms with Gasteiger partial charge in [-0.05, 0) is 19.1 Å². The van der Waals surface area contributed by atoms with Crippen molar-refractivity contribution < 1.29 is 4.79 Å². The fourth-order valence-corrected chi connectivity index (χ4v) is 0.852. The Morgan fingerprint density at radius 1 is 1.33 bits per heavy atom.